The van der Waals surface area contributed by atoms with Gasteiger partial charge in [0.25, 0.3) is 5.91 Å². The van der Waals surface area contributed by atoms with Crippen molar-refractivity contribution in [1.29, 1.82) is 0 Å². The predicted octanol–water partition coefficient (Wildman–Crippen LogP) is 1.26. The molecule has 1 aromatic heterocycles. The number of benzene rings is 1. The van der Waals surface area contributed by atoms with E-state index in [0.29, 0.717) is 25.5 Å². The van der Waals surface area contributed by atoms with Crippen LogP contribution in [0.3, 0.4) is 0 Å². The minimum absolute atomic E-state index is 0.0845. The molecule has 1 aliphatic heterocycles. The van der Waals surface area contributed by atoms with Crippen molar-refractivity contribution in [3.8, 4) is 5.75 Å². The molecule has 128 valence electrons. The Balaban J connectivity index is 1.43. The molecule has 2 aromatic rings. The molecule has 1 fully saturated rings. The number of ether oxygens (including phenoxy) is 1. The van der Waals surface area contributed by atoms with Crippen LogP contribution < -0.4 is 4.74 Å². The van der Waals surface area contributed by atoms with E-state index in [1.807, 2.05) is 17.0 Å². The third-order valence-corrected chi connectivity index (χ3v) is 4.50. The van der Waals surface area contributed by atoms with Gasteiger partial charge in [-0.2, -0.15) is 5.10 Å². The number of aromatic nitrogens is 3. The summed E-state index contributed by atoms with van der Waals surface area (Å²) in [7, 11) is 0. The van der Waals surface area contributed by atoms with Crippen molar-refractivity contribution in [1.82, 2.24) is 25.0 Å². The second kappa shape index (κ2) is 7.44. The summed E-state index contributed by atoms with van der Waals surface area (Å²) in [5, 5.41) is 6.35. The van der Waals surface area contributed by atoms with Gasteiger partial charge < -0.3 is 9.64 Å². The topological polar surface area (TPSA) is 74.3 Å². The van der Waals surface area contributed by atoms with Gasteiger partial charge in [0.15, 0.2) is 0 Å². The third kappa shape index (κ3) is 3.73. The van der Waals surface area contributed by atoms with E-state index >= 15 is 0 Å². The first-order valence-corrected chi connectivity index (χ1v) is 8.21. The number of nitrogens with zero attached hydrogens (tertiary/aromatic N) is 4. The summed E-state index contributed by atoms with van der Waals surface area (Å²) in [6.45, 7) is 8.77. The van der Waals surface area contributed by atoms with Crippen LogP contribution in [0.1, 0.15) is 21.7 Å². The number of carbonyl (C=O) groups excluding carboxylic acids is 1. The van der Waals surface area contributed by atoms with E-state index < -0.39 is 0 Å². The Kier molecular flexibility index (Phi) is 5.10. The van der Waals surface area contributed by atoms with E-state index in [2.05, 4.69) is 40.0 Å². The highest BCUT2D eigenvalue weighted by Gasteiger charge is 2.23. The van der Waals surface area contributed by atoms with Gasteiger partial charge in [0, 0.05) is 32.7 Å². The normalized spacial score (nSPS) is 15.5. The van der Waals surface area contributed by atoms with Gasteiger partial charge in [-0.15, -0.1) is 0 Å². The highest BCUT2D eigenvalue weighted by atomic mass is 16.5. The quantitative estimate of drug-likeness (QED) is 0.894. The second-order valence-corrected chi connectivity index (χ2v) is 6.01. The van der Waals surface area contributed by atoms with Crippen LogP contribution in [0.4, 0.5) is 0 Å². The summed E-state index contributed by atoms with van der Waals surface area (Å²) in [6, 6.07) is 6.12. The van der Waals surface area contributed by atoms with Gasteiger partial charge >= 0.3 is 0 Å². The van der Waals surface area contributed by atoms with Crippen LogP contribution >= 0.6 is 0 Å². The summed E-state index contributed by atoms with van der Waals surface area (Å²) < 4.78 is 5.91. The van der Waals surface area contributed by atoms with Crippen LogP contribution in [-0.2, 0) is 0 Å². The van der Waals surface area contributed by atoms with Crippen LogP contribution in [0.5, 0.6) is 5.75 Å². The van der Waals surface area contributed by atoms with Crippen molar-refractivity contribution in [2.45, 2.75) is 13.8 Å². The summed E-state index contributed by atoms with van der Waals surface area (Å²) in [4.78, 5) is 20.2. The van der Waals surface area contributed by atoms with Gasteiger partial charge in [-0.25, -0.2) is 4.98 Å². The van der Waals surface area contributed by atoms with E-state index in [-0.39, 0.29) is 5.91 Å². The molecule has 0 atom stereocenters. The molecular weight excluding hydrogens is 306 g/mol. The van der Waals surface area contributed by atoms with E-state index in [1.165, 1.54) is 17.5 Å². The number of aryl methyl sites for hydroxylation is 1. The van der Waals surface area contributed by atoms with Gasteiger partial charge in [0.1, 0.15) is 18.7 Å². The molecule has 0 aliphatic carbocycles. The minimum atomic E-state index is -0.0845. The van der Waals surface area contributed by atoms with Crippen LogP contribution in [0.2, 0.25) is 0 Å². The van der Waals surface area contributed by atoms with Gasteiger partial charge in [-0.05, 0) is 31.0 Å². The Morgan fingerprint density at radius 2 is 2.04 bits per heavy atom. The van der Waals surface area contributed by atoms with Crippen molar-refractivity contribution >= 4 is 5.91 Å². The maximum atomic E-state index is 12.2. The molecule has 1 amide bonds. The van der Waals surface area contributed by atoms with Gasteiger partial charge in [0.05, 0.1) is 0 Å². The highest BCUT2D eigenvalue weighted by Crippen LogP contribution is 2.20. The number of rotatable bonds is 5. The molecule has 7 nitrogen and oxygen atoms in total. The van der Waals surface area contributed by atoms with Crippen molar-refractivity contribution in [2.75, 3.05) is 39.3 Å². The SMILES string of the molecule is Cc1cccc(OCCN2CCN(C(=O)c3ncn[nH]3)CC2)c1C. The van der Waals surface area contributed by atoms with Gasteiger partial charge in [-0.3, -0.25) is 14.8 Å². The second-order valence-electron chi connectivity index (χ2n) is 6.01. The fourth-order valence-corrected chi connectivity index (χ4v) is 2.80. The van der Waals surface area contributed by atoms with E-state index in [0.717, 1.165) is 25.4 Å². The summed E-state index contributed by atoms with van der Waals surface area (Å²) >= 11 is 0. The Labute approximate surface area is 141 Å². The molecule has 0 spiro atoms. The fraction of sp³-hybridized carbons (Fsp3) is 0.471. The molecule has 1 N–H and O–H groups in total. The average molecular weight is 329 g/mol. The van der Waals surface area contributed by atoms with Crippen LogP contribution in [0.15, 0.2) is 24.5 Å². The molecule has 1 aliphatic rings. The third-order valence-electron chi connectivity index (χ3n) is 4.50. The number of carbonyl (C=O) groups is 1. The number of nitrogens with one attached hydrogen (secondary N) is 1. The average Bonchev–Trinajstić information content (AvgIpc) is 3.13. The molecule has 1 saturated heterocycles. The van der Waals surface area contributed by atoms with Crippen molar-refractivity contribution in [3.05, 3.63) is 41.5 Å². The van der Waals surface area contributed by atoms with Crippen LogP contribution in [-0.4, -0.2) is 70.2 Å². The zero-order chi connectivity index (χ0) is 16.9. The number of hydrogen-bond donors (Lipinski definition) is 1. The van der Waals surface area contributed by atoms with Crippen LogP contribution in [0, 0.1) is 13.8 Å². The molecule has 2 heterocycles. The predicted molar refractivity (Wildman–Crippen MR) is 90.1 cm³/mol. The monoisotopic (exact) mass is 329 g/mol. The number of piperazine rings is 1. The standard InChI is InChI=1S/C17H23N5O2/c1-13-4-3-5-15(14(13)2)24-11-10-21-6-8-22(9-7-21)17(23)16-18-12-19-20-16/h3-5,12H,6-11H2,1-2H3,(H,18,19,20). The van der Waals surface area contributed by atoms with Crippen molar-refractivity contribution in [3.63, 3.8) is 0 Å². The van der Waals surface area contributed by atoms with E-state index in [4.69, 9.17) is 4.74 Å². The first-order valence-electron chi connectivity index (χ1n) is 8.21. The highest BCUT2D eigenvalue weighted by molar-refractivity contribution is 5.90. The maximum absolute atomic E-state index is 12.2. The molecule has 0 saturated carbocycles. The minimum Gasteiger partial charge on any atom is -0.492 e. The lowest BCUT2D eigenvalue weighted by Crippen LogP contribution is -2.49. The Morgan fingerprint density at radius 1 is 1.25 bits per heavy atom. The number of amides is 1. The lowest BCUT2D eigenvalue weighted by Gasteiger charge is -2.34. The molecular formula is C17H23N5O2. The smallest absolute Gasteiger partial charge is 0.291 e. The zero-order valence-corrected chi connectivity index (χ0v) is 14.2. The molecule has 3 rings (SSSR count). The molecule has 0 radical (unpaired) electrons. The lowest BCUT2D eigenvalue weighted by atomic mass is 10.1. The molecule has 0 unspecified atom stereocenters. The summed E-state index contributed by atoms with van der Waals surface area (Å²) in [5.74, 6) is 1.18. The van der Waals surface area contributed by atoms with Gasteiger partial charge in [0.2, 0.25) is 5.82 Å². The van der Waals surface area contributed by atoms with E-state index in [1.54, 1.807) is 0 Å². The van der Waals surface area contributed by atoms with E-state index in [9.17, 15) is 4.79 Å². The zero-order valence-electron chi connectivity index (χ0n) is 14.2. The first-order chi connectivity index (χ1) is 11.6. The number of H-pyrrole nitrogens is 1. The Bertz CT molecular complexity index is 678. The first kappa shape index (κ1) is 16.4. The Hall–Kier alpha value is -2.41. The van der Waals surface area contributed by atoms with Crippen molar-refractivity contribution < 1.29 is 9.53 Å². The van der Waals surface area contributed by atoms with Crippen LogP contribution in [0.25, 0.3) is 0 Å². The molecule has 1 aromatic carbocycles. The Morgan fingerprint density at radius 3 is 2.75 bits per heavy atom. The maximum Gasteiger partial charge on any atom is 0.291 e. The fourth-order valence-electron chi connectivity index (χ4n) is 2.80. The molecule has 0 bridgehead atoms. The molecule has 24 heavy (non-hydrogen) atoms. The number of hydrogen-bond acceptors (Lipinski definition) is 5. The molecule has 7 heteroatoms. The summed E-state index contributed by atoms with van der Waals surface area (Å²) in [6.07, 6.45) is 1.36. The lowest BCUT2D eigenvalue weighted by molar-refractivity contribution is 0.0609. The largest absolute Gasteiger partial charge is 0.492 e. The van der Waals surface area contributed by atoms with Crippen molar-refractivity contribution in [2.24, 2.45) is 0 Å². The van der Waals surface area contributed by atoms with Gasteiger partial charge in [-0.1, -0.05) is 12.1 Å². The summed E-state index contributed by atoms with van der Waals surface area (Å²) in [5.41, 5.74) is 2.44. The number of aromatic amines is 1.